The van der Waals surface area contributed by atoms with Crippen molar-refractivity contribution < 1.29 is 14.3 Å². The molecule has 1 aliphatic carbocycles. The van der Waals surface area contributed by atoms with Crippen LogP contribution in [-0.2, 0) is 22.6 Å². The SMILES string of the molecule is CC(=O)Cc1cccc(O[C@H]2CC[C@H](C(=O)N(C)c3ccc(CN4CCN[C@@H](C)C4)c(C)c3)CC2)c1. The third kappa shape index (κ3) is 6.95. The first-order chi connectivity index (χ1) is 17.3. The summed E-state index contributed by atoms with van der Waals surface area (Å²) in [6.07, 6.45) is 3.93. The molecule has 6 heteroatoms. The van der Waals surface area contributed by atoms with Crippen LogP contribution in [0.3, 0.4) is 0 Å². The van der Waals surface area contributed by atoms with Crippen molar-refractivity contribution in [2.75, 3.05) is 31.6 Å². The molecule has 6 nitrogen and oxygen atoms in total. The summed E-state index contributed by atoms with van der Waals surface area (Å²) >= 11 is 0. The Hall–Kier alpha value is -2.70. The topological polar surface area (TPSA) is 61.9 Å². The molecule has 2 fully saturated rings. The van der Waals surface area contributed by atoms with Crippen LogP contribution in [0, 0.1) is 12.8 Å². The first-order valence-electron chi connectivity index (χ1n) is 13.4. The second kappa shape index (κ2) is 12.0. The zero-order valence-corrected chi connectivity index (χ0v) is 22.3. The average Bonchev–Trinajstić information content (AvgIpc) is 2.85. The molecule has 36 heavy (non-hydrogen) atoms. The van der Waals surface area contributed by atoms with Crippen LogP contribution >= 0.6 is 0 Å². The molecule has 1 amide bonds. The summed E-state index contributed by atoms with van der Waals surface area (Å²) in [6, 6.07) is 14.8. The van der Waals surface area contributed by atoms with Crippen molar-refractivity contribution in [3.63, 3.8) is 0 Å². The van der Waals surface area contributed by atoms with Crippen molar-refractivity contribution in [3.8, 4) is 5.75 Å². The highest BCUT2D eigenvalue weighted by Gasteiger charge is 2.30. The normalized spacial score (nSPS) is 22.7. The number of aryl methyl sites for hydroxylation is 1. The molecule has 194 valence electrons. The fourth-order valence-corrected chi connectivity index (χ4v) is 5.50. The number of ether oxygens (including phenoxy) is 1. The summed E-state index contributed by atoms with van der Waals surface area (Å²) in [5, 5.41) is 3.50. The Morgan fingerprint density at radius 1 is 1.11 bits per heavy atom. The summed E-state index contributed by atoms with van der Waals surface area (Å²) in [7, 11) is 1.90. The molecular weight excluding hydrogens is 450 g/mol. The number of carbonyl (C=O) groups is 2. The minimum atomic E-state index is 0.0289. The van der Waals surface area contributed by atoms with Crippen LogP contribution in [0.2, 0.25) is 0 Å². The van der Waals surface area contributed by atoms with E-state index in [0.717, 1.165) is 68.9 Å². The van der Waals surface area contributed by atoms with Gasteiger partial charge in [-0.25, -0.2) is 0 Å². The highest BCUT2D eigenvalue weighted by Crippen LogP contribution is 2.31. The van der Waals surface area contributed by atoms with Crippen LogP contribution in [0.15, 0.2) is 42.5 Å². The number of anilines is 1. The summed E-state index contributed by atoms with van der Waals surface area (Å²) in [6.45, 7) is 10.1. The van der Waals surface area contributed by atoms with Gasteiger partial charge in [-0.2, -0.15) is 0 Å². The van der Waals surface area contributed by atoms with Gasteiger partial charge >= 0.3 is 0 Å². The molecule has 1 saturated heterocycles. The quantitative estimate of drug-likeness (QED) is 0.588. The van der Waals surface area contributed by atoms with Gasteiger partial charge in [0, 0.05) is 57.3 Å². The lowest BCUT2D eigenvalue weighted by Gasteiger charge is -2.32. The van der Waals surface area contributed by atoms with Crippen LogP contribution < -0.4 is 15.0 Å². The van der Waals surface area contributed by atoms with E-state index in [9.17, 15) is 9.59 Å². The predicted octanol–water partition coefficient (Wildman–Crippen LogP) is 4.52. The number of nitrogens with zero attached hydrogens (tertiary/aromatic N) is 2. The van der Waals surface area contributed by atoms with Gasteiger partial charge in [-0.3, -0.25) is 14.5 Å². The largest absolute Gasteiger partial charge is 0.490 e. The average molecular weight is 492 g/mol. The molecule has 1 heterocycles. The number of hydrogen-bond acceptors (Lipinski definition) is 5. The van der Waals surface area contributed by atoms with Crippen LogP contribution in [0.1, 0.15) is 56.2 Å². The highest BCUT2D eigenvalue weighted by molar-refractivity contribution is 5.94. The number of ketones is 1. The Morgan fingerprint density at radius 3 is 2.58 bits per heavy atom. The van der Waals surface area contributed by atoms with Gasteiger partial charge in [0.15, 0.2) is 0 Å². The molecule has 2 aromatic carbocycles. The smallest absolute Gasteiger partial charge is 0.229 e. The number of nitrogens with one attached hydrogen (secondary N) is 1. The number of rotatable bonds is 8. The van der Waals surface area contributed by atoms with Crippen LogP contribution in [-0.4, -0.2) is 55.4 Å². The lowest BCUT2D eigenvalue weighted by molar-refractivity contribution is -0.123. The zero-order chi connectivity index (χ0) is 25.7. The van der Waals surface area contributed by atoms with Crippen molar-refractivity contribution in [1.82, 2.24) is 10.2 Å². The third-order valence-corrected chi connectivity index (χ3v) is 7.57. The van der Waals surface area contributed by atoms with E-state index in [4.69, 9.17) is 4.74 Å². The van der Waals surface area contributed by atoms with E-state index >= 15 is 0 Å². The number of Topliss-reactive ketones (excluding diaryl/α,β-unsaturated/α-hetero) is 1. The second-order valence-corrected chi connectivity index (χ2v) is 10.7. The minimum Gasteiger partial charge on any atom is -0.490 e. The van der Waals surface area contributed by atoms with E-state index < -0.39 is 0 Å². The molecule has 0 unspecified atom stereocenters. The molecule has 2 aromatic rings. The van der Waals surface area contributed by atoms with Gasteiger partial charge in [-0.15, -0.1) is 0 Å². The van der Waals surface area contributed by atoms with Gasteiger partial charge in [0.1, 0.15) is 11.5 Å². The third-order valence-electron chi connectivity index (χ3n) is 7.57. The maximum Gasteiger partial charge on any atom is 0.229 e. The van der Waals surface area contributed by atoms with Crippen molar-refractivity contribution in [2.24, 2.45) is 5.92 Å². The van der Waals surface area contributed by atoms with Crippen LogP contribution in [0.4, 0.5) is 5.69 Å². The van der Waals surface area contributed by atoms with Crippen molar-refractivity contribution in [1.29, 1.82) is 0 Å². The Morgan fingerprint density at radius 2 is 1.89 bits per heavy atom. The van der Waals surface area contributed by atoms with E-state index in [1.54, 1.807) is 6.92 Å². The Labute approximate surface area is 216 Å². The number of hydrogen-bond donors (Lipinski definition) is 1. The first-order valence-corrected chi connectivity index (χ1v) is 13.4. The van der Waals surface area contributed by atoms with Crippen molar-refractivity contribution >= 4 is 17.4 Å². The zero-order valence-electron chi connectivity index (χ0n) is 22.3. The van der Waals surface area contributed by atoms with E-state index in [1.165, 1.54) is 11.1 Å². The second-order valence-electron chi connectivity index (χ2n) is 10.7. The Bertz CT molecular complexity index is 1060. The summed E-state index contributed by atoms with van der Waals surface area (Å²) < 4.78 is 6.20. The van der Waals surface area contributed by atoms with E-state index in [2.05, 4.69) is 42.3 Å². The number of amides is 1. The van der Waals surface area contributed by atoms with Crippen LogP contribution in [0.5, 0.6) is 5.75 Å². The maximum atomic E-state index is 13.3. The van der Waals surface area contributed by atoms with Gasteiger partial charge in [0.05, 0.1) is 6.10 Å². The summed E-state index contributed by atoms with van der Waals surface area (Å²) in [5.41, 5.74) is 4.52. The molecule has 1 N–H and O–H groups in total. The summed E-state index contributed by atoms with van der Waals surface area (Å²) in [4.78, 5) is 29.0. The van der Waals surface area contributed by atoms with Gasteiger partial charge in [0.2, 0.25) is 5.91 Å². The van der Waals surface area contributed by atoms with Crippen molar-refractivity contribution in [2.45, 2.75) is 71.6 Å². The molecule has 0 radical (unpaired) electrons. The predicted molar refractivity (Wildman–Crippen MR) is 145 cm³/mol. The van der Waals surface area contributed by atoms with E-state index in [0.29, 0.717) is 12.5 Å². The molecule has 0 bridgehead atoms. The molecule has 1 atom stereocenters. The lowest BCUT2D eigenvalue weighted by atomic mass is 9.86. The molecular formula is C30H41N3O3. The number of benzene rings is 2. The van der Waals surface area contributed by atoms with E-state index in [-0.39, 0.29) is 23.7 Å². The summed E-state index contributed by atoms with van der Waals surface area (Å²) in [5.74, 6) is 1.18. The van der Waals surface area contributed by atoms with Crippen LogP contribution in [0.25, 0.3) is 0 Å². The van der Waals surface area contributed by atoms with Gasteiger partial charge in [0.25, 0.3) is 0 Å². The van der Waals surface area contributed by atoms with Gasteiger partial charge in [-0.1, -0.05) is 18.2 Å². The standard InChI is InChI=1S/C30H41N3O3/c1-21-16-27(11-8-26(21)20-33-15-14-31-22(2)19-33)32(4)30(35)25-9-12-28(13-10-25)36-29-7-5-6-24(18-29)17-23(3)34/h5-8,11,16,18,22,25,28,31H,9-10,12-15,17,19-20H2,1-4H3/t22-,25-,28-/m0/s1. The minimum absolute atomic E-state index is 0.0289. The van der Waals surface area contributed by atoms with Gasteiger partial charge < -0.3 is 15.0 Å². The monoisotopic (exact) mass is 491 g/mol. The maximum absolute atomic E-state index is 13.3. The lowest BCUT2D eigenvalue weighted by Crippen LogP contribution is -2.48. The fraction of sp³-hybridized carbons (Fsp3) is 0.533. The highest BCUT2D eigenvalue weighted by atomic mass is 16.5. The molecule has 1 saturated carbocycles. The number of piperazine rings is 1. The molecule has 4 rings (SSSR count). The molecule has 0 aromatic heterocycles. The van der Waals surface area contributed by atoms with Gasteiger partial charge in [-0.05, 0) is 87.4 Å². The molecule has 2 aliphatic rings. The Balaban J connectivity index is 1.29. The Kier molecular flexibility index (Phi) is 8.81. The fourth-order valence-electron chi connectivity index (χ4n) is 5.50. The molecule has 1 aliphatic heterocycles. The van der Waals surface area contributed by atoms with Crippen molar-refractivity contribution in [3.05, 3.63) is 59.2 Å². The van der Waals surface area contributed by atoms with E-state index in [1.807, 2.05) is 36.2 Å². The number of carbonyl (C=O) groups excluding carboxylic acids is 2. The molecule has 0 spiro atoms. The first kappa shape index (κ1) is 26.4.